The lowest BCUT2D eigenvalue weighted by Crippen LogP contribution is -2.49. The standard InChI is InChI=1S/C22H27N3O4/c1-28-13-12-23-21(26)20-14-19(29-18-10-6-3-7-11-18)16-25(20)22(27)24-15-17-8-4-2-5-9-17/h2-11,19-20H,12-16H2,1H3,(H,23,26)(H,24,27)/t19-,20-/m0/s1. The molecule has 7 nitrogen and oxygen atoms in total. The second kappa shape index (κ2) is 10.5. The number of ether oxygens (including phenoxy) is 2. The molecule has 3 amide bonds. The molecular weight excluding hydrogens is 370 g/mol. The molecule has 1 aliphatic rings. The molecule has 0 aromatic heterocycles. The van der Waals surface area contributed by atoms with Gasteiger partial charge in [0.1, 0.15) is 17.9 Å². The Balaban J connectivity index is 1.64. The van der Waals surface area contributed by atoms with E-state index in [9.17, 15) is 9.59 Å². The number of hydrogen-bond donors (Lipinski definition) is 2. The van der Waals surface area contributed by atoms with Crippen LogP contribution in [-0.2, 0) is 16.1 Å². The summed E-state index contributed by atoms with van der Waals surface area (Å²) >= 11 is 0. The fraction of sp³-hybridized carbons (Fsp3) is 0.364. The predicted octanol–water partition coefficient (Wildman–Crippen LogP) is 2.18. The van der Waals surface area contributed by atoms with Gasteiger partial charge in [0.25, 0.3) is 0 Å². The van der Waals surface area contributed by atoms with E-state index in [1.165, 1.54) is 0 Å². The monoisotopic (exact) mass is 397 g/mol. The van der Waals surface area contributed by atoms with Crippen LogP contribution in [0.5, 0.6) is 5.75 Å². The van der Waals surface area contributed by atoms with Crippen molar-refractivity contribution in [2.75, 3.05) is 26.8 Å². The summed E-state index contributed by atoms with van der Waals surface area (Å²) in [6.07, 6.45) is 0.185. The molecule has 2 aromatic carbocycles. The Hall–Kier alpha value is -3.06. The first kappa shape index (κ1) is 20.7. The Bertz CT molecular complexity index is 785. The normalized spacial score (nSPS) is 18.3. The topological polar surface area (TPSA) is 79.9 Å². The van der Waals surface area contributed by atoms with Crippen molar-refractivity contribution >= 4 is 11.9 Å². The fourth-order valence-corrected chi connectivity index (χ4v) is 3.32. The number of methoxy groups -OCH3 is 1. The number of nitrogens with one attached hydrogen (secondary N) is 2. The van der Waals surface area contributed by atoms with Gasteiger partial charge in [-0.1, -0.05) is 48.5 Å². The maximum absolute atomic E-state index is 12.8. The average molecular weight is 397 g/mol. The van der Waals surface area contributed by atoms with Gasteiger partial charge in [0, 0.05) is 26.6 Å². The molecule has 0 unspecified atom stereocenters. The van der Waals surface area contributed by atoms with Crippen LogP contribution in [0.4, 0.5) is 4.79 Å². The van der Waals surface area contributed by atoms with Crippen LogP contribution in [0.3, 0.4) is 0 Å². The number of hydrogen-bond acceptors (Lipinski definition) is 4. The maximum atomic E-state index is 12.8. The first-order chi connectivity index (χ1) is 14.2. The zero-order valence-corrected chi connectivity index (χ0v) is 16.5. The Labute approximate surface area is 171 Å². The average Bonchev–Trinajstić information content (AvgIpc) is 3.17. The zero-order valence-electron chi connectivity index (χ0n) is 16.5. The van der Waals surface area contributed by atoms with Gasteiger partial charge in [0.15, 0.2) is 0 Å². The van der Waals surface area contributed by atoms with Crippen molar-refractivity contribution in [2.45, 2.75) is 25.1 Å². The molecule has 154 valence electrons. The molecule has 2 N–H and O–H groups in total. The molecule has 7 heteroatoms. The van der Waals surface area contributed by atoms with Gasteiger partial charge in [-0.15, -0.1) is 0 Å². The van der Waals surface area contributed by atoms with Gasteiger partial charge in [-0.05, 0) is 17.7 Å². The molecule has 0 aliphatic carbocycles. The third kappa shape index (κ3) is 5.96. The number of nitrogens with zero attached hydrogens (tertiary/aromatic N) is 1. The Kier molecular flexibility index (Phi) is 7.47. The van der Waals surface area contributed by atoms with Gasteiger partial charge in [-0.2, -0.15) is 0 Å². The molecule has 0 bridgehead atoms. The summed E-state index contributed by atoms with van der Waals surface area (Å²) < 4.78 is 11.0. The van der Waals surface area contributed by atoms with Crippen LogP contribution in [0, 0.1) is 0 Å². The number of likely N-dealkylation sites (tertiary alicyclic amines) is 1. The van der Waals surface area contributed by atoms with E-state index in [2.05, 4.69) is 10.6 Å². The minimum Gasteiger partial charge on any atom is -0.488 e. The molecule has 2 aromatic rings. The Morgan fingerprint density at radius 3 is 2.41 bits per heavy atom. The zero-order chi connectivity index (χ0) is 20.5. The second-order valence-corrected chi connectivity index (χ2v) is 6.88. The molecule has 1 aliphatic heterocycles. The van der Waals surface area contributed by atoms with Crippen molar-refractivity contribution in [1.82, 2.24) is 15.5 Å². The van der Waals surface area contributed by atoms with Crippen LogP contribution in [-0.4, -0.2) is 55.8 Å². The predicted molar refractivity (Wildman–Crippen MR) is 110 cm³/mol. The molecule has 0 radical (unpaired) electrons. The summed E-state index contributed by atoms with van der Waals surface area (Å²) in [6, 6.07) is 18.2. The second-order valence-electron chi connectivity index (χ2n) is 6.88. The van der Waals surface area contributed by atoms with Gasteiger partial charge in [0.2, 0.25) is 5.91 Å². The number of amides is 3. The molecule has 29 heavy (non-hydrogen) atoms. The Morgan fingerprint density at radius 2 is 1.72 bits per heavy atom. The van der Waals surface area contributed by atoms with Crippen LogP contribution in [0.25, 0.3) is 0 Å². The van der Waals surface area contributed by atoms with Crippen molar-refractivity contribution in [2.24, 2.45) is 0 Å². The highest BCUT2D eigenvalue weighted by Crippen LogP contribution is 2.23. The molecular formula is C22H27N3O4. The van der Waals surface area contributed by atoms with E-state index in [1.807, 2.05) is 60.7 Å². The summed E-state index contributed by atoms with van der Waals surface area (Å²) in [5.74, 6) is 0.527. The summed E-state index contributed by atoms with van der Waals surface area (Å²) in [5.41, 5.74) is 0.998. The SMILES string of the molecule is COCCNC(=O)[C@@H]1C[C@H](Oc2ccccc2)CN1C(=O)NCc1ccccc1. The number of para-hydroxylation sites is 1. The highest BCUT2D eigenvalue weighted by molar-refractivity contribution is 5.87. The molecule has 1 heterocycles. The van der Waals surface area contributed by atoms with Crippen LogP contribution in [0.2, 0.25) is 0 Å². The highest BCUT2D eigenvalue weighted by Gasteiger charge is 2.40. The first-order valence-corrected chi connectivity index (χ1v) is 9.74. The van der Waals surface area contributed by atoms with Gasteiger partial charge in [-0.3, -0.25) is 4.79 Å². The van der Waals surface area contributed by atoms with Crippen molar-refractivity contribution in [3.8, 4) is 5.75 Å². The summed E-state index contributed by atoms with van der Waals surface area (Å²) in [7, 11) is 1.58. The number of benzene rings is 2. The number of rotatable bonds is 8. The highest BCUT2D eigenvalue weighted by atomic mass is 16.5. The van der Waals surface area contributed by atoms with Crippen molar-refractivity contribution < 1.29 is 19.1 Å². The van der Waals surface area contributed by atoms with Crippen LogP contribution < -0.4 is 15.4 Å². The first-order valence-electron chi connectivity index (χ1n) is 9.74. The summed E-state index contributed by atoms with van der Waals surface area (Å²) in [5, 5.41) is 5.73. The number of carbonyl (C=O) groups is 2. The lowest BCUT2D eigenvalue weighted by atomic mass is 10.2. The number of carbonyl (C=O) groups excluding carboxylic acids is 2. The van der Waals surface area contributed by atoms with E-state index in [-0.39, 0.29) is 18.0 Å². The Morgan fingerprint density at radius 1 is 1.03 bits per heavy atom. The van der Waals surface area contributed by atoms with E-state index >= 15 is 0 Å². The quantitative estimate of drug-likeness (QED) is 0.669. The third-order valence-electron chi connectivity index (χ3n) is 4.76. The van der Waals surface area contributed by atoms with Crippen LogP contribution in [0.15, 0.2) is 60.7 Å². The van der Waals surface area contributed by atoms with E-state index in [0.717, 1.165) is 11.3 Å². The largest absolute Gasteiger partial charge is 0.488 e. The lowest BCUT2D eigenvalue weighted by molar-refractivity contribution is -0.124. The molecule has 3 rings (SSSR count). The molecule has 2 atom stereocenters. The molecule has 1 fully saturated rings. The smallest absolute Gasteiger partial charge is 0.318 e. The maximum Gasteiger partial charge on any atom is 0.318 e. The van der Waals surface area contributed by atoms with E-state index < -0.39 is 6.04 Å². The van der Waals surface area contributed by atoms with Gasteiger partial charge >= 0.3 is 6.03 Å². The molecule has 0 spiro atoms. The minimum absolute atomic E-state index is 0.198. The van der Waals surface area contributed by atoms with Gasteiger partial charge in [-0.25, -0.2) is 4.79 Å². The minimum atomic E-state index is -0.587. The number of urea groups is 1. The van der Waals surface area contributed by atoms with Crippen LogP contribution in [0.1, 0.15) is 12.0 Å². The third-order valence-corrected chi connectivity index (χ3v) is 4.76. The molecule has 0 saturated carbocycles. The summed E-state index contributed by atoms with van der Waals surface area (Å²) in [6.45, 7) is 1.56. The fourth-order valence-electron chi connectivity index (χ4n) is 3.32. The van der Waals surface area contributed by atoms with Gasteiger partial charge in [0.05, 0.1) is 13.2 Å². The van der Waals surface area contributed by atoms with Gasteiger partial charge < -0.3 is 25.0 Å². The van der Waals surface area contributed by atoms with E-state index in [0.29, 0.717) is 32.7 Å². The van der Waals surface area contributed by atoms with E-state index in [4.69, 9.17) is 9.47 Å². The van der Waals surface area contributed by atoms with Crippen molar-refractivity contribution in [3.63, 3.8) is 0 Å². The summed E-state index contributed by atoms with van der Waals surface area (Å²) in [4.78, 5) is 27.0. The van der Waals surface area contributed by atoms with Crippen molar-refractivity contribution in [1.29, 1.82) is 0 Å². The van der Waals surface area contributed by atoms with Crippen LogP contribution >= 0.6 is 0 Å². The lowest BCUT2D eigenvalue weighted by Gasteiger charge is -2.24. The molecule has 1 saturated heterocycles. The van der Waals surface area contributed by atoms with E-state index in [1.54, 1.807) is 12.0 Å². The van der Waals surface area contributed by atoms with Crippen molar-refractivity contribution in [3.05, 3.63) is 66.2 Å².